The molecule has 0 bridgehead atoms. The molecule has 0 spiro atoms. The molecule has 1 amide bonds. The Morgan fingerprint density at radius 1 is 1.40 bits per heavy atom. The second-order valence-corrected chi connectivity index (χ2v) is 6.34. The highest BCUT2D eigenvalue weighted by molar-refractivity contribution is 5.94. The number of halogens is 1. The van der Waals surface area contributed by atoms with Crippen LogP contribution in [0.1, 0.15) is 32.3 Å². The summed E-state index contributed by atoms with van der Waals surface area (Å²) in [5.41, 5.74) is 1.79. The van der Waals surface area contributed by atoms with Crippen molar-refractivity contribution in [2.45, 2.75) is 45.3 Å². The SMILES string of the molecule is CCOc1cc2c(cc1NC(=O)CNCC1CCCO1)OC(C)C2.Cl. The Morgan fingerprint density at radius 2 is 2.24 bits per heavy atom. The third-order valence-electron chi connectivity index (χ3n) is 4.25. The fourth-order valence-corrected chi connectivity index (χ4v) is 3.16. The summed E-state index contributed by atoms with van der Waals surface area (Å²) in [7, 11) is 0. The minimum absolute atomic E-state index is 0. The smallest absolute Gasteiger partial charge is 0.238 e. The Kier molecular flexibility index (Phi) is 7.35. The van der Waals surface area contributed by atoms with E-state index < -0.39 is 0 Å². The third kappa shape index (κ3) is 5.23. The fraction of sp³-hybridized carbons (Fsp3) is 0.611. The van der Waals surface area contributed by atoms with Crippen molar-refractivity contribution in [1.29, 1.82) is 0 Å². The summed E-state index contributed by atoms with van der Waals surface area (Å²) in [5, 5.41) is 6.07. The second-order valence-electron chi connectivity index (χ2n) is 6.34. The molecule has 140 valence electrons. The van der Waals surface area contributed by atoms with Crippen LogP contribution in [0.2, 0.25) is 0 Å². The maximum atomic E-state index is 12.2. The Hall–Kier alpha value is -1.50. The number of amides is 1. The van der Waals surface area contributed by atoms with Gasteiger partial charge in [-0.3, -0.25) is 4.79 Å². The Labute approximate surface area is 155 Å². The lowest BCUT2D eigenvalue weighted by molar-refractivity contribution is -0.115. The number of ether oxygens (including phenoxy) is 3. The quantitative estimate of drug-likeness (QED) is 0.772. The van der Waals surface area contributed by atoms with Crippen molar-refractivity contribution >= 4 is 24.0 Å². The average molecular weight is 371 g/mol. The zero-order chi connectivity index (χ0) is 16.9. The number of carbonyl (C=O) groups excluding carboxylic acids is 1. The number of benzene rings is 1. The maximum absolute atomic E-state index is 12.2. The molecule has 2 aliphatic heterocycles. The molecule has 1 saturated heterocycles. The number of rotatable bonds is 7. The monoisotopic (exact) mass is 370 g/mol. The molecule has 2 N–H and O–H groups in total. The van der Waals surface area contributed by atoms with E-state index >= 15 is 0 Å². The predicted molar refractivity (Wildman–Crippen MR) is 99.1 cm³/mol. The van der Waals surface area contributed by atoms with Gasteiger partial charge in [-0.05, 0) is 32.8 Å². The summed E-state index contributed by atoms with van der Waals surface area (Å²) in [6.07, 6.45) is 3.42. The summed E-state index contributed by atoms with van der Waals surface area (Å²) in [6, 6.07) is 3.83. The molecule has 2 heterocycles. The number of hydrogen-bond acceptors (Lipinski definition) is 5. The summed E-state index contributed by atoms with van der Waals surface area (Å²) >= 11 is 0. The molecule has 2 unspecified atom stereocenters. The number of carbonyl (C=O) groups is 1. The molecular formula is C18H27ClN2O4. The molecule has 1 aromatic carbocycles. The van der Waals surface area contributed by atoms with Crippen LogP contribution in [0.3, 0.4) is 0 Å². The topological polar surface area (TPSA) is 68.8 Å². The van der Waals surface area contributed by atoms with Gasteiger partial charge < -0.3 is 24.8 Å². The lowest BCUT2D eigenvalue weighted by Crippen LogP contribution is -2.33. The van der Waals surface area contributed by atoms with Crippen molar-refractivity contribution < 1.29 is 19.0 Å². The third-order valence-corrected chi connectivity index (χ3v) is 4.25. The molecule has 7 heteroatoms. The molecule has 0 aliphatic carbocycles. The standard InChI is InChI=1S/C18H26N2O4.ClH/c1-3-22-17-8-13-7-12(2)24-16(13)9-15(17)20-18(21)11-19-10-14-5-4-6-23-14;/h8-9,12,14,19H,3-7,10-11H2,1-2H3,(H,20,21);1H. The highest BCUT2D eigenvalue weighted by Gasteiger charge is 2.22. The zero-order valence-electron chi connectivity index (χ0n) is 14.8. The van der Waals surface area contributed by atoms with Crippen LogP contribution in [0.4, 0.5) is 5.69 Å². The maximum Gasteiger partial charge on any atom is 0.238 e. The van der Waals surface area contributed by atoms with Crippen molar-refractivity contribution in [2.75, 3.05) is 31.6 Å². The number of hydrogen-bond donors (Lipinski definition) is 2. The van der Waals surface area contributed by atoms with Gasteiger partial charge in [0.25, 0.3) is 0 Å². The number of nitrogens with one attached hydrogen (secondary N) is 2. The molecule has 1 aromatic rings. The van der Waals surface area contributed by atoms with Crippen LogP contribution in [0.25, 0.3) is 0 Å². The van der Waals surface area contributed by atoms with Gasteiger partial charge in [0.05, 0.1) is 24.9 Å². The van der Waals surface area contributed by atoms with Crippen molar-refractivity contribution in [3.63, 3.8) is 0 Å². The van der Waals surface area contributed by atoms with E-state index in [1.54, 1.807) is 0 Å². The van der Waals surface area contributed by atoms with Gasteiger partial charge in [-0.15, -0.1) is 12.4 Å². The number of fused-ring (bicyclic) bond motifs is 1. The molecule has 3 rings (SSSR count). The van der Waals surface area contributed by atoms with E-state index in [1.807, 2.05) is 26.0 Å². The second kappa shape index (κ2) is 9.27. The highest BCUT2D eigenvalue weighted by atomic mass is 35.5. The van der Waals surface area contributed by atoms with E-state index in [0.29, 0.717) is 24.6 Å². The first-order chi connectivity index (χ1) is 11.7. The van der Waals surface area contributed by atoms with Gasteiger partial charge in [0.15, 0.2) is 0 Å². The van der Waals surface area contributed by atoms with Gasteiger partial charge in [0, 0.05) is 31.2 Å². The van der Waals surface area contributed by atoms with Crippen LogP contribution in [0, 0.1) is 0 Å². The van der Waals surface area contributed by atoms with Gasteiger partial charge in [-0.2, -0.15) is 0 Å². The molecular weight excluding hydrogens is 344 g/mol. The van der Waals surface area contributed by atoms with E-state index in [4.69, 9.17) is 14.2 Å². The molecule has 0 aromatic heterocycles. The van der Waals surface area contributed by atoms with E-state index in [2.05, 4.69) is 10.6 Å². The first-order valence-electron chi connectivity index (χ1n) is 8.74. The average Bonchev–Trinajstić information content (AvgIpc) is 3.16. The van der Waals surface area contributed by atoms with Gasteiger partial charge in [0.2, 0.25) is 5.91 Å². The van der Waals surface area contributed by atoms with E-state index in [1.165, 1.54) is 0 Å². The zero-order valence-corrected chi connectivity index (χ0v) is 15.6. The van der Waals surface area contributed by atoms with Gasteiger partial charge >= 0.3 is 0 Å². The van der Waals surface area contributed by atoms with Crippen molar-refractivity contribution in [2.24, 2.45) is 0 Å². The van der Waals surface area contributed by atoms with E-state index in [9.17, 15) is 4.79 Å². The molecule has 2 aliphatic rings. The molecule has 2 atom stereocenters. The minimum Gasteiger partial charge on any atom is -0.492 e. The number of anilines is 1. The normalized spacial score (nSPS) is 21.2. The van der Waals surface area contributed by atoms with Crippen LogP contribution >= 0.6 is 12.4 Å². The van der Waals surface area contributed by atoms with Crippen LogP contribution in [0.15, 0.2) is 12.1 Å². The summed E-state index contributed by atoms with van der Waals surface area (Å²) < 4.78 is 17.0. The van der Waals surface area contributed by atoms with E-state index in [0.717, 1.165) is 37.2 Å². The summed E-state index contributed by atoms with van der Waals surface area (Å²) in [4.78, 5) is 12.2. The lowest BCUT2D eigenvalue weighted by atomic mass is 10.1. The first-order valence-corrected chi connectivity index (χ1v) is 8.74. The van der Waals surface area contributed by atoms with Gasteiger partial charge in [-0.25, -0.2) is 0 Å². The summed E-state index contributed by atoms with van der Waals surface area (Å²) in [6.45, 7) is 6.30. The lowest BCUT2D eigenvalue weighted by Gasteiger charge is -2.14. The Balaban J connectivity index is 0.00000225. The molecule has 1 fully saturated rings. The van der Waals surface area contributed by atoms with Gasteiger partial charge in [-0.1, -0.05) is 0 Å². The van der Waals surface area contributed by atoms with Crippen molar-refractivity contribution in [3.05, 3.63) is 17.7 Å². The fourth-order valence-electron chi connectivity index (χ4n) is 3.16. The predicted octanol–water partition coefficient (Wildman–Crippen LogP) is 2.54. The molecule has 25 heavy (non-hydrogen) atoms. The minimum atomic E-state index is -0.0973. The van der Waals surface area contributed by atoms with Crippen molar-refractivity contribution in [1.82, 2.24) is 5.32 Å². The largest absolute Gasteiger partial charge is 0.492 e. The van der Waals surface area contributed by atoms with Crippen LogP contribution in [0.5, 0.6) is 11.5 Å². The van der Waals surface area contributed by atoms with E-state index in [-0.39, 0.29) is 37.1 Å². The Bertz CT molecular complexity index is 591. The molecule has 0 saturated carbocycles. The van der Waals surface area contributed by atoms with Crippen LogP contribution in [-0.4, -0.2) is 44.4 Å². The Morgan fingerprint density at radius 3 is 2.96 bits per heavy atom. The summed E-state index contributed by atoms with van der Waals surface area (Å²) in [5.74, 6) is 1.43. The van der Waals surface area contributed by atoms with Crippen LogP contribution in [-0.2, 0) is 16.0 Å². The first kappa shape index (κ1) is 19.8. The molecule has 6 nitrogen and oxygen atoms in total. The van der Waals surface area contributed by atoms with Crippen LogP contribution < -0.4 is 20.1 Å². The van der Waals surface area contributed by atoms with Crippen molar-refractivity contribution in [3.8, 4) is 11.5 Å². The molecule has 0 radical (unpaired) electrons. The van der Waals surface area contributed by atoms with Gasteiger partial charge in [0.1, 0.15) is 17.6 Å². The highest BCUT2D eigenvalue weighted by Crippen LogP contribution is 2.37.